The normalized spacial score (nSPS) is 11.3. The highest BCUT2D eigenvalue weighted by molar-refractivity contribution is 6.32. The first-order valence-corrected chi connectivity index (χ1v) is 6.24. The van der Waals surface area contributed by atoms with Crippen LogP contribution in [0, 0.1) is 0 Å². The van der Waals surface area contributed by atoms with Gasteiger partial charge < -0.3 is 10.1 Å². The molecule has 21 heavy (non-hydrogen) atoms. The van der Waals surface area contributed by atoms with E-state index in [9.17, 15) is 13.2 Å². The average Bonchev–Trinajstić information content (AvgIpc) is 2.45. The Morgan fingerprint density at radius 1 is 1.33 bits per heavy atom. The number of nitrogens with zero attached hydrogens (tertiary/aromatic N) is 2. The third-order valence-corrected chi connectivity index (χ3v) is 2.95. The van der Waals surface area contributed by atoms with E-state index in [1.807, 2.05) is 0 Å². The molecule has 0 bridgehead atoms. The molecule has 0 atom stereocenters. The molecule has 0 aliphatic heterocycles. The van der Waals surface area contributed by atoms with Crippen LogP contribution >= 0.6 is 11.6 Å². The van der Waals surface area contributed by atoms with Gasteiger partial charge in [-0.1, -0.05) is 17.7 Å². The molecule has 0 fully saturated rings. The van der Waals surface area contributed by atoms with Crippen molar-refractivity contribution in [2.45, 2.75) is 12.7 Å². The number of ether oxygens (including phenoxy) is 1. The standard InChI is InChI=1S/C13H11ClF3N3O/c1-21-12-8(3-2-4-18-12)6-19-11-10(14)5-9(7-20-11)13(15,16)17/h2-5,7H,6H2,1H3,(H,19,20). The first-order valence-electron chi connectivity index (χ1n) is 5.86. The molecule has 0 unspecified atom stereocenters. The van der Waals surface area contributed by atoms with Crippen molar-refractivity contribution >= 4 is 17.4 Å². The summed E-state index contributed by atoms with van der Waals surface area (Å²) in [7, 11) is 1.48. The van der Waals surface area contributed by atoms with Crippen molar-refractivity contribution in [3.8, 4) is 5.88 Å². The number of hydrogen-bond acceptors (Lipinski definition) is 4. The van der Waals surface area contributed by atoms with Gasteiger partial charge >= 0.3 is 6.18 Å². The van der Waals surface area contributed by atoms with Crippen LogP contribution in [0.4, 0.5) is 19.0 Å². The molecular formula is C13H11ClF3N3O. The summed E-state index contributed by atoms with van der Waals surface area (Å²) >= 11 is 5.80. The highest BCUT2D eigenvalue weighted by Gasteiger charge is 2.31. The summed E-state index contributed by atoms with van der Waals surface area (Å²) in [4.78, 5) is 7.70. The van der Waals surface area contributed by atoms with Crippen molar-refractivity contribution in [1.82, 2.24) is 9.97 Å². The van der Waals surface area contributed by atoms with Gasteiger partial charge in [0.25, 0.3) is 0 Å². The minimum Gasteiger partial charge on any atom is -0.481 e. The van der Waals surface area contributed by atoms with Crippen LogP contribution in [0.15, 0.2) is 30.6 Å². The number of rotatable bonds is 4. The molecule has 2 heterocycles. The number of nitrogens with one attached hydrogen (secondary N) is 1. The molecule has 0 aliphatic rings. The molecule has 0 aromatic carbocycles. The van der Waals surface area contributed by atoms with Crippen LogP contribution in [0.5, 0.6) is 5.88 Å². The number of pyridine rings is 2. The van der Waals surface area contributed by atoms with Crippen molar-refractivity contribution in [3.05, 3.63) is 46.7 Å². The number of halogens is 4. The summed E-state index contributed by atoms with van der Waals surface area (Å²) < 4.78 is 42.6. The number of aromatic nitrogens is 2. The average molecular weight is 318 g/mol. The number of anilines is 1. The van der Waals surface area contributed by atoms with Crippen molar-refractivity contribution in [2.24, 2.45) is 0 Å². The highest BCUT2D eigenvalue weighted by Crippen LogP contribution is 2.32. The Labute approximate surface area is 123 Å². The lowest BCUT2D eigenvalue weighted by atomic mass is 10.2. The predicted molar refractivity (Wildman–Crippen MR) is 72.4 cm³/mol. The Kier molecular flexibility index (Phi) is 4.52. The SMILES string of the molecule is COc1ncccc1CNc1ncc(C(F)(F)F)cc1Cl. The van der Waals surface area contributed by atoms with Gasteiger partial charge in [-0.3, -0.25) is 0 Å². The minimum atomic E-state index is -4.47. The van der Waals surface area contributed by atoms with E-state index in [0.29, 0.717) is 5.88 Å². The molecule has 0 radical (unpaired) electrons. The maximum absolute atomic E-state index is 12.5. The Morgan fingerprint density at radius 3 is 2.71 bits per heavy atom. The van der Waals surface area contributed by atoms with Crippen LogP contribution < -0.4 is 10.1 Å². The van der Waals surface area contributed by atoms with Crippen LogP contribution in [0.25, 0.3) is 0 Å². The second-order valence-corrected chi connectivity index (χ2v) is 4.48. The fourth-order valence-electron chi connectivity index (χ4n) is 1.64. The van der Waals surface area contributed by atoms with Crippen LogP contribution in [0.1, 0.15) is 11.1 Å². The summed E-state index contributed by atoms with van der Waals surface area (Å²) in [6, 6.07) is 4.33. The topological polar surface area (TPSA) is 47.0 Å². The van der Waals surface area contributed by atoms with Gasteiger partial charge in [0.2, 0.25) is 5.88 Å². The molecule has 2 rings (SSSR count). The molecular weight excluding hydrogens is 307 g/mol. The van der Waals surface area contributed by atoms with Gasteiger partial charge in [-0.25, -0.2) is 9.97 Å². The Hall–Kier alpha value is -2.02. The quantitative estimate of drug-likeness (QED) is 0.932. The van der Waals surface area contributed by atoms with E-state index in [4.69, 9.17) is 16.3 Å². The van der Waals surface area contributed by atoms with Crippen molar-refractivity contribution in [3.63, 3.8) is 0 Å². The van der Waals surface area contributed by atoms with Gasteiger partial charge in [0.1, 0.15) is 5.82 Å². The number of hydrogen-bond donors (Lipinski definition) is 1. The van der Waals surface area contributed by atoms with Gasteiger partial charge in [0.15, 0.2) is 0 Å². The molecule has 1 N–H and O–H groups in total. The van der Waals surface area contributed by atoms with E-state index in [2.05, 4.69) is 15.3 Å². The highest BCUT2D eigenvalue weighted by atomic mass is 35.5. The lowest BCUT2D eigenvalue weighted by Crippen LogP contribution is -2.08. The van der Waals surface area contributed by atoms with Crippen LogP contribution in [0.2, 0.25) is 5.02 Å². The van der Waals surface area contributed by atoms with Gasteiger partial charge in [-0.05, 0) is 12.1 Å². The second-order valence-electron chi connectivity index (χ2n) is 4.08. The first kappa shape index (κ1) is 15.4. The molecule has 0 amide bonds. The molecule has 4 nitrogen and oxygen atoms in total. The molecule has 2 aromatic rings. The van der Waals surface area contributed by atoms with E-state index in [1.54, 1.807) is 18.3 Å². The Bertz CT molecular complexity index is 634. The van der Waals surface area contributed by atoms with Gasteiger partial charge in [-0.15, -0.1) is 0 Å². The number of methoxy groups -OCH3 is 1. The lowest BCUT2D eigenvalue weighted by Gasteiger charge is -2.12. The van der Waals surface area contributed by atoms with E-state index < -0.39 is 11.7 Å². The predicted octanol–water partition coefficient (Wildman–Crippen LogP) is 3.77. The van der Waals surface area contributed by atoms with E-state index in [1.165, 1.54) is 7.11 Å². The largest absolute Gasteiger partial charge is 0.481 e. The van der Waals surface area contributed by atoms with Gasteiger partial charge in [0, 0.05) is 24.5 Å². The van der Waals surface area contributed by atoms with E-state index in [-0.39, 0.29) is 17.4 Å². The number of alkyl halides is 3. The van der Waals surface area contributed by atoms with E-state index in [0.717, 1.165) is 17.8 Å². The lowest BCUT2D eigenvalue weighted by molar-refractivity contribution is -0.137. The van der Waals surface area contributed by atoms with Crippen LogP contribution in [-0.2, 0) is 12.7 Å². The zero-order valence-electron chi connectivity index (χ0n) is 10.9. The summed E-state index contributed by atoms with van der Waals surface area (Å²) in [6.45, 7) is 0.273. The monoisotopic (exact) mass is 317 g/mol. The molecule has 2 aromatic heterocycles. The first-order chi connectivity index (χ1) is 9.91. The fourth-order valence-corrected chi connectivity index (χ4v) is 1.88. The Morgan fingerprint density at radius 2 is 2.10 bits per heavy atom. The van der Waals surface area contributed by atoms with Crippen molar-refractivity contribution in [2.75, 3.05) is 12.4 Å². The second kappa shape index (κ2) is 6.17. The molecule has 0 aliphatic carbocycles. The van der Waals surface area contributed by atoms with Crippen LogP contribution in [-0.4, -0.2) is 17.1 Å². The molecule has 0 saturated heterocycles. The third-order valence-electron chi connectivity index (χ3n) is 2.66. The summed E-state index contributed by atoms with van der Waals surface area (Å²) in [5.74, 6) is 0.587. The minimum absolute atomic E-state index is 0.104. The maximum Gasteiger partial charge on any atom is 0.417 e. The molecule has 0 saturated carbocycles. The van der Waals surface area contributed by atoms with Crippen molar-refractivity contribution in [1.29, 1.82) is 0 Å². The maximum atomic E-state index is 12.5. The zero-order valence-corrected chi connectivity index (χ0v) is 11.7. The zero-order chi connectivity index (χ0) is 15.5. The van der Waals surface area contributed by atoms with Crippen LogP contribution in [0.3, 0.4) is 0 Å². The smallest absolute Gasteiger partial charge is 0.417 e. The van der Waals surface area contributed by atoms with Gasteiger partial charge in [0.05, 0.1) is 17.7 Å². The molecule has 112 valence electrons. The van der Waals surface area contributed by atoms with Gasteiger partial charge in [-0.2, -0.15) is 13.2 Å². The summed E-state index contributed by atoms with van der Waals surface area (Å²) in [6.07, 6.45) is -2.16. The molecule has 0 spiro atoms. The third kappa shape index (κ3) is 3.75. The Balaban J connectivity index is 2.14. The molecule has 8 heteroatoms. The summed E-state index contributed by atoms with van der Waals surface area (Å²) in [5, 5.41) is 2.75. The van der Waals surface area contributed by atoms with E-state index >= 15 is 0 Å². The summed E-state index contributed by atoms with van der Waals surface area (Å²) in [5.41, 5.74) is -0.158. The van der Waals surface area contributed by atoms with Crippen molar-refractivity contribution < 1.29 is 17.9 Å². The fraction of sp³-hybridized carbons (Fsp3) is 0.231.